The number of nitrogens with two attached hydrogens (primary N) is 1. The molecule has 0 aliphatic carbocycles. The van der Waals surface area contributed by atoms with Crippen LogP contribution in [0.3, 0.4) is 0 Å². The fourth-order valence-corrected chi connectivity index (χ4v) is 3.18. The Balaban J connectivity index is 1.56. The highest BCUT2D eigenvalue weighted by Gasteiger charge is 2.46. The van der Waals surface area contributed by atoms with Gasteiger partial charge in [-0.15, -0.1) is 0 Å². The molecule has 1 aliphatic rings. The van der Waals surface area contributed by atoms with Crippen LogP contribution in [0.5, 0.6) is 5.75 Å². The van der Waals surface area contributed by atoms with Crippen molar-refractivity contribution in [3.63, 3.8) is 0 Å². The van der Waals surface area contributed by atoms with Crippen LogP contribution in [0, 0.1) is 0 Å². The van der Waals surface area contributed by atoms with E-state index in [2.05, 4.69) is 15.0 Å². The number of fused-ring (bicyclic) bond motifs is 1. The maximum absolute atomic E-state index is 10.7. The van der Waals surface area contributed by atoms with Crippen LogP contribution in [0.25, 0.3) is 11.2 Å². The number of aliphatic hydroxyl groups excluding tert-OH is 1. The van der Waals surface area contributed by atoms with Crippen LogP contribution >= 0.6 is 0 Å². The molecule has 10 heteroatoms. The second kappa shape index (κ2) is 8.07. The summed E-state index contributed by atoms with van der Waals surface area (Å²) in [5.41, 5.74) is 6.80. The molecule has 148 valence electrons. The average Bonchev–Trinajstić information content (AvgIpc) is 3.26. The van der Waals surface area contributed by atoms with Crippen LogP contribution in [-0.4, -0.2) is 63.4 Å². The lowest BCUT2D eigenvalue weighted by molar-refractivity contribution is -0.108. The van der Waals surface area contributed by atoms with Gasteiger partial charge in [-0.05, 0) is 12.1 Å². The molecule has 3 aromatic rings. The highest BCUT2D eigenvalue weighted by Crippen LogP contribution is 2.34. The van der Waals surface area contributed by atoms with Crippen molar-refractivity contribution in [2.24, 2.45) is 0 Å². The third-order valence-electron chi connectivity index (χ3n) is 4.53. The molecule has 3 N–H and O–H groups in total. The number of ether oxygens (including phenoxy) is 4. The van der Waals surface area contributed by atoms with Gasteiger partial charge in [0.05, 0.1) is 12.9 Å². The van der Waals surface area contributed by atoms with Gasteiger partial charge in [0.25, 0.3) is 0 Å². The van der Waals surface area contributed by atoms with E-state index in [1.54, 1.807) is 11.7 Å². The molecule has 28 heavy (non-hydrogen) atoms. The topological polar surface area (TPSA) is 127 Å². The SMILES string of the molecule is COCC1OC(n2cnc3c(N)ncnc32)C(OCOc2ccccc2)C1O. The quantitative estimate of drug-likeness (QED) is 0.564. The number of nitrogen functional groups attached to an aromatic ring is 1. The number of benzene rings is 1. The number of imidazole rings is 1. The molecule has 3 heterocycles. The van der Waals surface area contributed by atoms with E-state index in [9.17, 15) is 5.11 Å². The summed E-state index contributed by atoms with van der Waals surface area (Å²) in [6.07, 6.45) is -0.0283. The number of nitrogens with zero attached hydrogens (tertiary/aromatic N) is 4. The monoisotopic (exact) mass is 387 g/mol. The minimum absolute atomic E-state index is 0.0605. The molecule has 1 saturated heterocycles. The predicted molar refractivity (Wildman–Crippen MR) is 98.3 cm³/mol. The first-order valence-corrected chi connectivity index (χ1v) is 8.74. The fraction of sp³-hybridized carbons (Fsp3) is 0.389. The van der Waals surface area contributed by atoms with Crippen molar-refractivity contribution in [3.05, 3.63) is 43.0 Å². The number of anilines is 1. The van der Waals surface area contributed by atoms with Crippen molar-refractivity contribution >= 4 is 17.0 Å². The maximum Gasteiger partial charge on any atom is 0.189 e. The first-order chi connectivity index (χ1) is 13.7. The van der Waals surface area contributed by atoms with Gasteiger partial charge in [0, 0.05) is 7.11 Å². The molecule has 2 aromatic heterocycles. The van der Waals surface area contributed by atoms with Gasteiger partial charge in [-0.3, -0.25) is 4.57 Å². The van der Waals surface area contributed by atoms with Crippen LogP contribution in [0.15, 0.2) is 43.0 Å². The lowest BCUT2D eigenvalue weighted by Gasteiger charge is -2.22. The number of hydrogen-bond acceptors (Lipinski definition) is 9. The van der Waals surface area contributed by atoms with E-state index < -0.39 is 24.5 Å². The highest BCUT2D eigenvalue weighted by molar-refractivity contribution is 5.81. The van der Waals surface area contributed by atoms with Crippen LogP contribution in [0.2, 0.25) is 0 Å². The van der Waals surface area contributed by atoms with Crippen LogP contribution < -0.4 is 10.5 Å². The molecule has 0 radical (unpaired) electrons. The van der Waals surface area contributed by atoms with Crippen LogP contribution in [0.1, 0.15) is 6.23 Å². The number of aliphatic hydroxyl groups is 1. The van der Waals surface area contributed by atoms with Crippen molar-refractivity contribution in [1.29, 1.82) is 0 Å². The lowest BCUT2D eigenvalue weighted by atomic mass is 10.1. The van der Waals surface area contributed by atoms with Gasteiger partial charge in [0.2, 0.25) is 0 Å². The zero-order valence-corrected chi connectivity index (χ0v) is 15.2. The highest BCUT2D eigenvalue weighted by atomic mass is 16.7. The van der Waals surface area contributed by atoms with Crippen LogP contribution in [0.4, 0.5) is 5.82 Å². The van der Waals surface area contributed by atoms with Crippen molar-refractivity contribution < 1.29 is 24.1 Å². The summed E-state index contributed by atoms with van der Waals surface area (Å²) < 4.78 is 24.2. The Bertz CT molecular complexity index is 921. The largest absolute Gasteiger partial charge is 0.468 e. The predicted octanol–water partition coefficient (Wildman–Crippen LogP) is 0.735. The Labute approximate surface area is 160 Å². The number of aromatic nitrogens is 4. The molecular weight excluding hydrogens is 366 g/mol. The van der Waals surface area contributed by atoms with Gasteiger partial charge in [-0.25, -0.2) is 15.0 Å². The van der Waals surface area contributed by atoms with Gasteiger partial charge in [0.15, 0.2) is 24.5 Å². The van der Waals surface area contributed by atoms with Gasteiger partial charge < -0.3 is 29.8 Å². The first-order valence-electron chi connectivity index (χ1n) is 8.74. The molecular formula is C18H21N5O5. The Hall–Kier alpha value is -2.79. The van der Waals surface area contributed by atoms with Crippen LogP contribution in [-0.2, 0) is 14.2 Å². The molecule has 0 saturated carbocycles. The maximum atomic E-state index is 10.7. The Morgan fingerprint density at radius 1 is 1.21 bits per heavy atom. The molecule has 0 bridgehead atoms. The van der Waals surface area contributed by atoms with E-state index >= 15 is 0 Å². The third-order valence-corrected chi connectivity index (χ3v) is 4.53. The van der Waals surface area contributed by atoms with Gasteiger partial charge >= 0.3 is 0 Å². The minimum atomic E-state index is -0.930. The number of methoxy groups -OCH3 is 1. The number of rotatable bonds is 7. The summed E-state index contributed by atoms with van der Waals surface area (Å²) in [6, 6.07) is 9.26. The molecule has 10 nitrogen and oxygen atoms in total. The van der Waals surface area contributed by atoms with Crippen molar-refractivity contribution in [3.8, 4) is 5.75 Å². The van der Waals surface area contributed by atoms with Crippen molar-refractivity contribution in [2.45, 2.75) is 24.5 Å². The molecule has 4 rings (SSSR count). The van der Waals surface area contributed by atoms with E-state index in [-0.39, 0.29) is 19.2 Å². The second-order valence-corrected chi connectivity index (χ2v) is 6.30. The first kappa shape index (κ1) is 18.6. The fourth-order valence-electron chi connectivity index (χ4n) is 3.18. The van der Waals surface area contributed by atoms with E-state index in [1.807, 2.05) is 30.3 Å². The molecule has 1 aliphatic heterocycles. The molecule has 0 amide bonds. The number of para-hydroxylation sites is 1. The van der Waals surface area contributed by atoms with E-state index in [4.69, 9.17) is 24.7 Å². The summed E-state index contributed by atoms with van der Waals surface area (Å²) in [7, 11) is 1.54. The zero-order chi connectivity index (χ0) is 19.5. The van der Waals surface area contributed by atoms with E-state index in [0.29, 0.717) is 16.9 Å². The van der Waals surface area contributed by atoms with E-state index in [1.165, 1.54) is 12.7 Å². The smallest absolute Gasteiger partial charge is 0.189 e. The molecule has 0 spiro atoms. The second-order valence-electron chi connectivity index (χ2n) is 6.30. The van der Waals surface area contributed by atoms with E-state index in [0.717, 1.165) is 0 Å². The standard InChI is InChI=1S/C18H21N5O5/c1-25-7-12-14(24)15(27-10-26-11-5-3-2-4-6-11)18(28-12)23-9-22-13-16(19)20-8-21-17(13)23/h2-6,8-9,12,14-15,18,24H,7,10H2,1H3,(H2,19,20,21). The summed E-state index contributed by atoms with van der Waals surface area (Å²) >= 11 is 0. The normalized spacial score (nSPS) is 24.6. The van der Waals surface area contributed by atoms with Crippen molar-refractivity contribution in [2.75, 3.05) is 26.2 Å². The summed E-state index contributed by atoms with van der Waals surface area (Å²) in [4.78, 5) is 12.4. The molecule has 4 atom stereocenters. The average molecular weight is 387 g/mol. The zero-order valence-electron chi connectivity index (χ0n) is 15.2. The van der Waals surface area contributed by atoms with Gasteiger partial charge in [-0.2, -0.15) is 0 Å². The summed E-state index contributed by atoms with van der Waals surface area (Å²) in [5, 5.41) is 10.7. The Kier molecular flexibility index (Phi) is 5.35. The third kappa shape index (κ3) is 3.50. The molecule has 1 aromatic carbocycles. The Morgan fingerprint density at radius 3 is 2.82 bits per heavy atom. The molecule has 4 unspecified atom stereocenters. The lowest BCUT2D eigenvalue weighted by Crippen LogP contribution is -2.36. The number of hydrogen-bond donors (Lipinski definition) is 2. The minimum Gasteiger partial charge on any atom is -0.468 e. The van der Waals surface area contributed by atoms with Gasteiger partial charge in [-0.1, -0.05) is 18.2 Å². The molecule has 1 fully saturated rings. The van der Waals surface area contributed by atoms with Gasteiger partial charge in [0.1, 0.15) is 35.9 Å². The Morgan fingerprint density at radius 2 is 2.04 bits per heavy atom. The van der Waals surface area contributed by atoms with Crippen molar-refractivity contribution in [1.82, 2.24) is 19.5 Å². The summed E-state index contributed by atoms with van der Waals surface area (Å²) in [6.45, 7) is 0.149. The summed E-state index contributed by atoms with van der Waals surface area (Å²) in [5.74, 6) is 0.926.